The van der Waals surface area contributed by atoms with Crippen molar-refractivity contribution in [1.29, 1.82) is 5.26 Å². The summed E-state index contributed by atoms with van der Waals surface area (Å²) in [6.45, 7) is 0. The number of nitriles is 1. The molecule has 0 unspecified atom stereocenters. The molecule has 0 atom stereocenters. The van der Waals surface area contributed by atoms with Gasteiger partial charge in [-0.25, -0.2) is 4.39 Å². The fourth-order valence-corrected chi connectivity index (χ4v) is 0.724. The van der Waals surface area contributed by atoms with Gasteiger partial charge in [-0.3, -0.25) is 10.1 Å². The summed E-state index contributed by atoms with van der Waals surface area (Å²) in [5.41, 5.74) is 0.262. The lowest BCUT2D eigenvalue weighted by Gasteiger charge is -1.95. The van der Waals surface area contributed by atoms with E-state index in [0.717, 1.165) is 12.1 Å². The average molecular weight is 164 g/mol. The molecule has 0 aliphatic carbocycles. The van der Waals surface area contributed by atoms with E-state index in [0.29, 0.717) is 0 Å². The van der Waals surface area contributed by atoms with Crippen molar-refractivity contribution in [3.63, 3.8) is 0 Å². The number of nitrogens with one attached hydrogen (secondary N) is 1. The molecule has 1 aromatic carbocycles. The van der Waals surface area contributed by atoms with Gasteiger partial charge in [0.05, 0.1) is 0 Å². The number of hydrogen-bond acceptors (Lipinski definition) is 2. The van der Waals surface area contributed by atoms with Gasteiger partial charge in [-0.15, -0.1) is 0 Å². The van der Waals surface area contributed by atoms with Crippen LogP contribution in [0.15, 0.2) is 24.3 Å². The van der Waals surface area contributed by atoms with E-state index in [9.17, 15) is 9.18 Å². The van der Waals surface area contributed by atoms with E-state index >= 15 is 0 Å². The lowest BCUT2D eigenvalue weighted by atomic mass is 10.2. The fraction of sp³-hybridized carbons (Fsp3) is 0. The van der Waals surface area contributed by atoms with Crippen LogP contribution in [-0.2, 0) is 0 Å². The molecular formula is C8H5FN2O. The summed E-state index contributed by atoms with van der Waals surface area (Å²) in [4.78, 5) is 10.9. The van der Waals surface area contributed by atoms with Gasteiger partial charge < -0.3 is 0 Å². The van der Waals surface area contributed by atoms with Crippen LogP contribution in [0.3, 0.4) is 0 Å². The molecule has 12 heavy (non-hydrogen) atoms. The van der Waals surface area contributed by atoms with Crippen LogP contribution in [0.2, 0.25) is 0 Å². The predicted octanol–water partition coefficient (Wildman–Crippen LogP) is 1.04. The Kier molecular flexibility index (Phi) is 2.38. The third-order valence-corrected chi connectivity index (χ3v) is 1.28. The minimum Gasteiger partial charge on any atom is -0.268 e. The molecule has 1 N–H and O–H groups in total. The standard InChI is InChI=1S/C8H5FN2O/c9-7-3-1-6(2-4-7)8(12)11-5-10/h1-4H,(H,11,12). The van der Waals surface area contributed by atoms with Gasteiger partial charge >= 0.3 is 0 Å². The van der Waals surface area contributed by atoms with Crippen LogP contribution >= 0.6 is 0 Å². The van der Waals surface area contributed by atoms with E-state index in [1.54, 1.807) is 0 Å². The van der Waals surface area contributed by atoms with Gasteiger partial charge in [-0.1, -0.05) is 0 Å². The summed E-state index contributed by atoms with van der Waals surface area (Å²) in [6, 6.07) is 4.93. The topological polar surface area (TPSA) is 52.9 Å². The van der Waals surface area contributed by atoms with Gasteiger partial charge in [0, 0.05) is 5.56 Å². The lowest BCUT2D eigenvalue weighted by Crippen LogP contribution is -2.16. The highest BCUT2D eigenvalue weighted by molar-refractivity contribution is 5.94. The van der Waals surface area contributed by atoms with Crippen LogP contribution in [0, 0.1) is 17.3 Å². The zero-order valence-electron chi connectivity index (χ0n) is 6.04. The molecule has 1 aromatic rings. The van der Waals surface area contributed by atoms with Crippen molar-refractivity contribution in [3.05, 3.63) is 35.6 Å². The smallest absolute Gasteiger partial charge is 0.264 e. The Morgan fingerprint density at radius 3 is 2.50 bits per heavy atom. The number of benzene rings is 1. The van der Waals surface area contributed by atoms with Crippen molar-refractivity contribution in [1.82, 2.24) is 5.32 Å². The van der Waals surface area contributed by atoms with Crippen molar-refractivity contribution in [2.75, 3.05) is 0 Å². The average Bonchev–Trinajstić information content (AvgIpc) is 2.06. The van der Waals surface area contributed by atoms with Gasteiger partial charge in [0.1, 0.15) is 5.82 Å². The first-order valence-corrected chi connectivity index (χ1v) is 3.19. The van der Waals surface area contributed by atoms with Crippen LogP contribution < -0.4 is 5.32 Å². The quantitative estimate of drug-likeness (QED) is 0.498. The van der Waals surface area contributed by atoms with E-state index < -0.39 is 11.7 Å². The number of carbonyl (C=O) groups excluding carboxylic acids is 1. The fourth-order valence-electron chi connectivity index (χ4n) is 0.724. The molecule has 1 amide bonds. The maximum atomic E-state index is 12.3. The molecule has 0 aliphatic rings. The summed E-state index contributed by atoms with van der Waals surface area (Å²) in [6.07, 6.45) is 1.49. The van der Waals surface area contributed by atoms with Gasteiger partial charge in [-0.05, 0) is 24.3 Å². The highest BCUT2D eigenvalue weighted by atomic mass is 19.1. The Hall–Kier alpha value is -1.89. The second kappa shape index (κ2) is 3.49. The van der Waals surface area contributed by atoms with Crippen LogP contribution in [0.5, 0.6) is 0 Å². The number of nitrogens with zero attached hydrogens (tertiary/aromatic N) is 1. The molecule has 0 fully saturated rings. The highest BCUT2D eigenvalue weighted by Gasteiger charge is 2.02. The summed E-state index contributed by atoms with van der Waals surface area (Å²) < 4.78 is 12.3. The lowest BCUT2D eigenvalue weighted by molar-refractivity contribution is 0.0973. The summed E-state index contributed by atoms with van der Waals surface area (Å²) in [5.74, 6) is -0.944. The highest BCUT2D eigenvalue weighted by Crippen LogP contribution is 2.01. The first-order chi connectivity index (χ1) is 5.74. The van der Waals surface area contributed by atoms with E-state index in [1.165, 1.54) is 18.3 Å². The zero-order valence-corrected chi connectivity index (χ0v) is 6.04. The Balaban J connectivity index is 2.84. The van der Waals surface area contributed by atoms with Crippen LogP contribution in [0.25, 0.3) is 0 Å². The first-order valence-electron chi connectivity index (χ1n) is 3.19. The molecule has 0 radical (unpaired) electrons. The van der Waals surface area contributed by atoms with E-state index in [-0.39, 0.29) is 5.56 Å². The third-order valence-electron chi connectivity index (χ3n) is 1.28. The minimum absolute atomic E-state index is 0.262. The molecule has 0 heterocycles. The maximum Gasteiger partial charge on any atom is 0.264 e. The number of rotatable bonds is 1. The predicted molar refractivity (Wildman–Crippen MR) is 39.5 cm³/mol. The molecule has 0 saturated carbocycles. The zero-order chi connectivity index (χ0) is 8.97. The Morgan fingerprint density at radius 2 is 2.00 bits per heavy atom. The van der Waals surface area contributed by atoms with Crippen molar-refractivity contribution in [3.8, 4) is 6.19 Å². The van der Waals surface area contributed by atoms with E-state index in [1.807, 2.05) is 5.32 Å². The Morgan fingerprint density at radius 1 is 1.42 bits per heavy atom. The number of amides is 1. The molecule has 60 valence electrons. The number of hydrogen-bond donors (Lipinski definition) is 1. The monoisotopic (exact) mass is 164 g/mol. The number of halogens is 1. The van der Waals surface area contributed by atoms with Crippen molar-refractivity contribution in [2.45, 2.75) is 0 Å². The van der Waals surface area contributed by atoms with Crippen molar-refractivity contribution < 1.29 is 9.18 Å². The molecule has 0 spiro atoms. The second-order valence-corrected chi connectivity index (χ2v) is 2.07. The van der Waals surface area contributed by atoms with Crippen molar-refractivity contribution >= 4 is 5.91 Å². The second-order valence-electron chi connectivity index (χ2n) is 2.07. The van der Waals surface area contributed by atoms with Crippen LogP contribution in [0.1, 0.15) is 10.4 Å². The third kappa shape index (κ3) is 1.80. The summed E-state index contributed by atoms with van der Waals surface area (Å²) >= 11 is 0. The van der Waals surface area contributed by atoms with Gasteiger partial charge in [-0.2, -0.15) is 5.26 Å². The van der Waals surface area contributed by atoms with E-state index in [4.69, 9.17) is 5.26 Å². The summed E-state index contributed by atoms with van der Waals surface area (Å²) in [5, 5.41) is 10.0. The molecule has 0 aromatic heterocycles. The molecule has 1 rings (SSSR count). The van der Waals surface area contributed by atoms with Gasteiger partial charge in [0.15, 0.2) is 6.19 Å². The largest absolute Gasteiger partial charge is 0.268 e. The maximum absolute atomic E-state index is 12.3. The Labute approximate surface area is 68.4 Å². The molecular weight excluding hydrogens is 159 g/mol. The molecule has 0 bridgehead atoms. The van der Waals surface area contributed by atoms with Crippen LogP contribution in [0.4, 0.5) is 4.39 Å². The summed E-state index contributed by atoms with van der Waals surface area (Å²) in [7, 11) is 0. The van der Waals surface area contributed by atoms with Crippen molar-refractivity contribution in [2.24, 2.45) is 0 Å². The molecule has 0 aliphatic heterocycles. The molecule has 4 heteroatoms. The number of carbonyl (C=O) groups is 1. The first kappa shape index (κ1) is 8.21. The minimum atomic E-state index is -0.530. The SMILES string of the molecule is N#CNC(=O)c1ccc(F)cc1. The normalized spacial score (nSPS) is 8.67. The van der Waals surface area contributed by atoms with Gasteiger partial charge in [0.2, 0.25) is 0 Å². The Bertz CT molecular complexity index is 326. The van der Waals surface area contributed by atoms with Crippen LogP contribution in [-0.4, -0.2) is 5.91 Å². The van der Waals surface area contributed by atoms with E-state index in [2.05, 4.69) is 0 Å². The molecule has 3 nitrogen and oxygen atoms in total. The van der Waals surface area contributed by atoms with Gasteiger partial charge in [0.25, 0.3) is 5.91 Å². The molecule has 0 saturated heterocycles.